The summed E-state index contributed by atoms with van der Waals surface area (Å²) in [6, 6.07) is 5.88. The number of carbonyl (C=O) groups excluding carboxylic acids is 1. The van der Waals surface area contributed by atoms with Gasteiger partial charge in [-0.05, 0) is 30.9 Å². The molecule has 0 spiro atoms. The lowest BCUT2D eigenvalue weighted by atomic mass is 10.0. The minimum atomic E-state index is -0.0278. The normalized spacial score (nSPS) is 12.6. The van der Waals surface area contributed by atoms with E-state index < -0.39 is 0 Å². The summed E-state index contributed by atoms with van der Waals surface area (Å²) in [6.45, 7) is 8.01. The Labute approximate surface area is 108 Å². The van der Waals surface area contributed by atoms with E-state index >= 15 is 0 Å². The first kappa shape index (κ1) is 14.0. The maximum absolute atomic E-state index is 12.2. The summed E-state index contributed by atoms with van der Waals surface area (Å²) >= 11 is 5.86. The van der Waals surface area contributed by atoms with Gasteiger partial charge in [0.2, 0.25) is 0 Å². The van der Waals surface area contributed by atoms with E-state index in [4.69, 9.17) is 11.6 Å². The Bertz CT molecular complexity index is 381. The summed E-state index contributed by atoms with van der Waals surface area (Å²) in [5.74, 6) is 0.745. The smallest absolute Gasteiger partial charge is 0.252 e. The molecule has 0 saturated carbocycles. The highest BCUT2D eigenvalue weighted by molar-refractivity contribution is 6.18. The van der Waals surface area contributed by atoms with Crippen molar-refractivity contribution in [3.8, 4) is 0 Å². The second-order valence-electron chi connectivity index (χ2n) is 4.75. The Hall–Kier alpha value is -1.02. The zero-order valence-electron chi connectivity index (χ0n) is 10.9. The highest BCUT2D eigenvalue weighted by Crippen LogP contribution is 2.14. The van der Waals surface area contributed by atoms with E-state index in [0.29, 0.717) is 11.8 Å². The van der Waals surface area contributed by atoms with E-state index in [1.54, 1.807) is 0 Å². The zero-order valence-corrected chi connectivity index (χ0v) is 11.6. The van der Waals surface area contributed by atoms with Crippen LogP contribution in [0.2, 0.25) is 0 Å². The number of amides is 1. The van der Waals surface area contributed by atoms with Crippen LogP contribution in [0.1, 0.15) is 35.3 Å². The molecular weight excluding hydrogens is 234 g/mol. The lowest BCUT2D eigenvalue weighted by Gasteiger charge is -2.21. The van der Waals surface area contributed by atoms with Gasteiger partial charge in [-0.25, -0.2) is 0 Å². The highest BCUT2D eigenvalue weighted by atomic mass is 35.5. The zero-order chi connectivity index (χ0) is 13.0. The van der Waals surface area contributed by atoms with Crippen LogP contribution in [0.3, 0.4) is 0 Å². The minimum Gasteiger partial charge on any atom is -0.348 e. The molecule has 94 valence electrons. The Morgan fingerprint density at radius 1 is 1.29 bits per heavy atom. The van der Waals surface area contributed by atoms with Crippen LogP contribution in [-0.2, 0) is 0 Å². The van der Waals surface area contributed by atoms with E-state index in [2.05, 4.69) is 19.2 Å². The van der Waals surface area contributed by atoms with E-state index in [-0.39, 0.29) is 11.9 Å². The number of aryl methyl sites for hydroxylation is 2. The van der Waals surface area contributed by atoms with Gasteiger partial charge in [0.25, 0.3) is 5.91 Å². The van der Waals surface area contributed by atoms with Crippen LogP contribution in [0.5, 0.6) is 0 Å². The molecule has 0 aliphatic rings. The summed E-state index contributed by atoms with van der Waals surface area (Å²) in [5.41, 5.74) is 2.77. The summed E-state index contributed by atoms with van der Waals surface area (Å²) in [6.07, 6.45) is 0. The molecule has 1 unspecified atom stereocenters. The number of halogens is 1. The maximum Gasteiger partial charge on any atom is 0.252 e. The number of alkyl halides is 1. The van der Waals surface area contributed by atoms with Crippen LogP contribution >= 0.6 is 11.6 Å². The average Bonchev–Trinajstić information content (AvgIpc) is 2.25. The van der Waals surface area contributed by atoms with E-state index in [1.165, 1.54) is 0 Å². The third kappa shape index (κ3) is 3.47. The molecule has 0 bridgehead atoms. The first-order valence-corrected chi connectivity index (χ1v) is 6.43. The standard InChI is InChI=1S/C14H20ClNO/c1-9(2)12(8-15)16-14(17)13-10(3)6-5-7-11(13)4/h5-7,9,12H,8H2,1-4H3,(H,16,17). The van der Waals surface area contributed by atoms with Crippen LogP contribution < -0.4 is 5.32 Å². The Morgan fingerprint density at radius 3 is 2.24 bits per heavy atom. The van der Waals surface area contributed by atoms with E-state index in [0.717, 1.165) is 16.7 Å². The Kier molecular flexibility index (Phi) is 5.01. The van der Waals surface area contributed by atoms with Crippen molar-refractivity contribution in [3.63, 3.8) is 0 Å². The summed E-state index contributed by atoms with van der Waals surface area (Å²) < 4.78 is 0. The number of nitrogens with one attached hydrogen (secondary N) is 1. The molecule has 1 rings (SSSR count). The van der Waals surface area contributed by atoms with Crippen molar-refractivity contribution in [2.24, 2.45) is 5.92 Å². The van der Waals surface area contributed by atoms with Crippen LogP contribution in [0, 0.1) is 19.8 Å². The SMILES string of the molecule is Cc1cccc(C)c1C(=O)NC(CCl)C(C)C. The van der Waals surface area contributed by atoms with Gasteiger partial charge in [-0.1, -0.05) is 32.0 Å². The van der Waals surface area contributed by atoms with Crippen LogP contribution in [0.4, 0.5) is 0 Å². The maximum atomic E-state index is 12.2. The molecule has 3 heteroatoms. The second-order valence-corrected chi connectivity index (χ2v) is 5.05. The third-order valence-corrected chi connectivity index (χ3v) is 3.33. The molecule has 1 aromatic rings. The lowest BCUT2D eigenvalue weighted by Crippen LogP contribution is -2.40. The van der Waals surface area contributed by atoms with Gasteiger partial charge in [0.05, 0.1) is 0 Å². The van der Waals surface area contributed by atoms with Gasteiger partial charge in [-0.2, -0.15) is 0 Å². The summed E-state index contributed by atoms with van der Waals surface area (Å²) in [4.78, 5) is 12.2. The predicted octanol–water partition coefficient (Wildman–Crippen LogP) is 3.30. The number of carbonyl (C=O) groups is 1. The fourth-order valence-electron chi connectivity index (χ4n) is 1.80. The molecule has 1 amide bonds. The van der Waals surface area contributed by atoms with Crippen LogP contribution in [-0.4, -0.2) is 17.8 Å². The molecule has 0 heterocycles. The van der Waals surface area contributed by atoms with Crippen LogP contribution in [0.25, 0.3) is 0 Å². The van der Waals surface area contributed by atoms with Gasteiger partial charge in [-0.15, -0.1) is 11.6 Å². The van der Waals surface area contributed by atoms with Crippen molar-refractivity contribution >= 4 is 17.5 Å². The summed E-state index contributed by atoms with van der Waals surface area (Å²) in [7, 11) is 0. The van der Waals surface area contributed by atoms with E-state index in [9.17, 15) is 4.79 Å². The van der Waals surface area contributed by atoms with Crippen molar-refractivity contribution in [2.75, 3.05) is 5.88 Å². The average molecular weight is 254 g/mol. The highest BCUT2D eigenvalue weighted by Gasteiger charge is 2.18. The molecule has 0 fully saturated rings. The minimum absolute atomic E-state index is 0.0168. The van der Waals surface area contributed by atoms with Crippen molar-refractivity contribution in [1.82, 2.24) is 5.32 Å². The van der Waals surface area contributed by atoms with Gasteiger partial charge < -0.3 is 5.32 Å². The molecule has 0 aromatic heterocycles. The third-order valence-electron chi connectivity index (χ3n) is 3.00. The van der Waals surface area contributed by atoms with Gasteiger partial charge in [0, 0.05) is 17.5 Å². The molecule has 0 radical (unpaired) electrons. The molecule has 1 aromatic carbocycles. The molecule has 0 aliphatic carbocycles. The first-order valence-electron chi connectivity index (χ1n) is 5.90. The number of benzene rings is 1. The number of hydrogen-bond donors (Lipinski definition) is 1. The molecule has 0 saturated heterocycles. The topological polar surface area (TPSA) is 29.1 Å². The number of hydrogen-bond acceptors (Lipinski definition) is 1. The molecular formula is C14H20ClNO. The van der Waals surface area contributed by atoms with Crippen LogP contribution in [0.15, 0.2) is 18.2 Å². The van der Waals surface area contributed by atoms with Gasteiger partial charge in [0.1, 0.15) is 0 Å². The summed E-state index contributed by atoms with van der Waals surface area (Å²) in [5, 5.41) is 2.99. The van der Waals surface area contributed by atoms with Gasteiger partial charge >= 0.3 is 0 Å². The van der Waals surface area contributed by atoms with Gasteiger partial charge in [0.15, 0.2) is 0 Å². The van der Waals surface area contributed by atoms with Crippen molar-refractivity contribution in [2.45, 2.75) is 33.7 Å². The van der Waals surface area contributed by atoms with Crippen molar-refractivity contribution in [3.05, 3.63) is 34.9 Å². The molecule has 0 aliphatic heterocycles. The van der Waals surface area contributed by atoms with Crippen molar-refractivity contribution in [1.29, 1.82) is 0 Å². The van der Waals surface area contributed by atoms with Crippen molar-refractivity contribution < 1.29 is 4.79 Å². The lowest BCUT2D eigenvalue weighted by molar-refractivity contribution is 0.0930. The first-order chi connectivity index (χ1) is 7.97. The molecule has 1 atom stereocenters. The number of rotatable bonds is 4. The predicted molar refractivity (Wildman–Crippen MR) is 72.7 cm³/mol. The van der Waals surface area contributed by atoms with Gasteiger partial charge in [-0.3, -0.25) is 4.79 Å². The van der Waals surface area contributed by atoms with E-state index in [1.807, 2.05) is 32.0 Å². The molecule has 17 heavy (non-hydrogen) atoms. The molecule has 1 N–H and O–H groups in total. The fraction of sp³-hybridized carbons (Fsp3) is 0.500. The Balaban J connectivity index is 2.90. The molecule has 2 nitrogen and oxygen atoms in total. The quantitative estimate of drug-likeness (QED) is 0.820. The monoisotopic (exact) mass is 253 g/mol. The second kappa shape index (κ2) is 6.06. The fourth-order valence-corrected chi connectivity index (χ4v) is 2.23. The Morgan fingerprint density at radius 2 is 1.82 bits per heavy atom. The largest absolute Gasteiger partial charge is 0.348 e.